The van der Waals surface area contributed by atoms with Gasteiger partial charge in [0.25, 0.3) is 0 Å². The Balaban J connectivity index is 1.47. The number of halogens is 1. The summed E-state index contributed by atoms with van der Waals surface area (Å²) in [7, 11) is 0. The van der Waals surface area contributed by atoms with Crippen LogP contribution in [0.3, 0.4) is 0 Å². The zero-order valence-electron chi connectivity index (χ0n) is 16.5. The highest BCUT2D eigenvalue weighted by Crippen LogP contribution is 2.56. The molecule has 6 nitrogen and oxygen atoms in total. The van der Waals surface area contributed by atoms with Gasteiger partial charge >= 0.3 is 5.97 Å². The largest absolute Gasteiger partial charge is 0.456 e. The van der Waals surface area contributed by atoms with Gasteiger partial charge in [-0.1, -0.05) is 41.9 Å². The molecule has 2 bridgehead atoms. The Bertz CT molecular complexity index is 836. The third kappa shape index (κ3) is 3.43. The Labute approximate surface area is 178 Å². The summed E-state index contributed by atoms with van der Waals surface area (Å²) in [4.78, 5) is 52.4. The maximum Gasteiger partial charge on any atom is 0.330 e. The van der Waals surface area contributed by atoms with Gasteiger partial charge in [0.2, 0.25) is 11.8 Å². The Morgan fingerprint density at radius 2 is 1.62 bits per heavy atom. The van der Waals surface area contributed by atoms with E-state index in [2.05, 4.69) is 15.9 Å². The molecule has 3 fully saturated rings. The van der Waals surface area contributed by atoms with Gasteiger partial charge in [-0.2, -0.15) is 0 Å². The lowest BCUT2D eigenvalue weighted by Crippen LogP contribution is -2.50. The highest BCUT2D eigenvalue weighted by atomic mass is 79.9. The van der Waals surface area contributed by atoms with E-state index in [4.69, 9.17) is 4.74 Å². The molecule has 0 radical (unpaired) electrons. The van der Waals surface area contributed by atoms with Gasteiger partial charge in [-0.05, 0) is 49.1 Å². The number of benzene rings is 1. The topological polar surface area (TPSA) is 80.8 Å². The lowest BCUT2D eigenvalue weighted by molar-refractivity contribution is -0.160. The molecule has 1 aromatic carbocycles. The van der Waals surface area contributed by atoms with Crippen LogP contribution in [0.25, 0.3) is 0 Å². The highest BCUT2D eigenvalue weighted by Gasteiger charge is 2.62. The first-order valence-corrected chi connectivity index (χ1v) is 10.9. The van der Waals surface area contributed by atoms with Crippen molar-refractivity contribution in [1.29, 1.82) is 0 Å². The smallest absolute Gasteiger partial charge is 0.330 e. The number of hydrogen-bond donors (Lipinski definition) is 0. The van der Waals surface area contributed by atoms with E-state index in [1.54, 1.807) is 38.1 Å². The molecule has 154 valence electrons. The van der Waals surface area contributed by atoms with Crippen molar-refractivity contribution in [2.24, 2.45) is 29.6 Å². The molecule has 1 saturated heterocycles. The van der Waals surface area contributed by atoms with Crippen molar-refractivity contribution in [2.45, 2.75) is 39.2 Å². The fraction of sp³-hybridized carbons (Fsp3) is 0.545. The second kappa shape index (κ2) is 7.67. The first kappa shape index (κ1) is 20.3. The van der Waals surface area contributed by atoms with Gasteiger partial charge in [-0.25, -0.2) is 4.79 Å². The van der Waals surface area contributed by atoms with E-state index >= 15 is 0 Å². The molecule has 7 heteroatoms. The van der Waals surface area contributed by atoms with Crippen LogP contribution >= 0.6 is 15.9 Å². The summed E-state index contributed by atoms with van der Waals surface area (Å²) in [5.41, 5.74) is 0.432. The van der Waals surface area contributed by atoms with Crippen LogP contribution in [0.4, 0.5) is 0 Å². The number of hydrogen-bond acceptors (Lipinski definition) is 5. The predicted octanol–water partition coefficient (Wildman–Crippen LogP) is 3.23. The molecule has 1 heterocycles. The molecule has 0 aromatic heterocycles. The first-order chi connectivity index (χ1) is 13.8. The summed E-state index contributed by atoms with van der Waals surface area (Å²) in [5.74, 6) is -1.83. The van der Waals surface area contributed by atoms with E-state index in [-0.39, 0.29) is 47.2 Å². The van der Waals surface area contributed by atoms with Crippen LogP contribution in [-0.4, -0.2) is 41.1 Å². The molecule has 1 aromatic rings. The molecular weight excluding hydrogens is 438 g/mol. The van der Waals surface area contributed by atoms with Gasteiger partial charge in [-0.3, -0.25) is 19.3 Å². The zero-order chi connectivity index (χ0) is 20.9. The first-order valence-electron chi connectivity index (χ1n) is 10.1. The van der Waals surface area contributed by atoms with Crippen LogP contribution in [0, 0.1) is 29.6 Å². The number of rotatable bonds is 6. The molecule has 5 atom stereocenters. The van der Waals surface area contributed by atoms with Gasteiger partial charge in [0.1, 0.15) is 6.04 Å². The van der Waals surface area contributed by atoms with E-state index in [0.29, 0.717) is 5.56 Å². The van der Waals surface area contributed by atoms with E-state index in [1.807, 2.05) is 0 Å². The van der Waals surface area contributed by atoms with Crippen molar-refractivity contribution < 1.29 is 23.9 Å². The van der Waals surface area contributed by atoms with Crippen LogP contribution in [0.1, 0.15) is 43.5 Å². The number of carbonyl (C=O) groups excluding carboxylic acids is 4. The minimum Gasteiger partial charge on any atom is -0.456 e. The summed E-state index contributed by atoms with van der Waals surface area (Å²) in [5, 5.41) is 0. The van der Waals surface area contributed by atoms with E-state index in [9.17, 15) is 19.2 Å². The van der Waals surface area contributed by atoms with E-state index in [1.165, 1.54) is 0 Å². The van der Waals surface area contributed by atoms with Gasteiger partial charge < -0.3 is 4.74 Å². The third-order valence-corrected chi connectivity index (χ3v) is 7.15. The monoisotopic (exact) mass is 461 g/mol. The lowest BCUT2D eigenvalue weighted by Gasteiger charge is -2.28. The summed E-state index contributed by atoms with van der Waals surface area (Å²) in [6, 6.07) is 5.77. The summed E-state index contributed by atoms with van der Waals surface area (Å²) < 4.78 is 6.11. The average Bonchev–Trinajstić information content (AvgIpc) is 3.36. The molecule has 3 aliphatic rings. The fourth-order valence-corrected chi connectivity index (χ4v) is 5.59. The number of imide groups is 1. The van der Waals surface area contributed by atoms with Crippen LogP contribution in [0.5, 0.6) is 0 Å². The average molecular weight is 462 g/mol. The molecule has 29 heavy (non-hydrogen) atoms. The number of fused-ring (bicyclic) bond motifs is 5. The third-order valence-electron chi connectivity index (χ3n) is 6.62. The molecule has 2 amide bonds. The summed E-state index contributed by atoms with van der Waals surface area (Å²) >= 11 is 3.31. The summed E-state index contributed by atoms with van der Waals surface area (Å²) in [6.45, 7) is 3.15. The normalized spacial score (nSPS) is 28.8. The van der Waals surface area contributed by atoms with Crippen LogP contribution in [0.15, 0.2) is 28.7 Å². The van der Waals surface area contributed by atoms with Crippen molar-refractivity contribution in [3.8, 4) is 0 Å². The minimum absolute atomic E-state index is 0.234. The molecular formula is C22H24BrNO5. The fourth-order valence-electron chi connectivity index (χ4n) is 5.32. The van der Waals surface area contributed by atoms with Crippen LogP contribution in [0.2, 0.25) is 0 Å². The van der Waals surface area contributed by atoms with Gasteiger partial charge in [0.05, 0.1) is 11.8 Å². The Hall–Kier alpha value is -2.02. The van der Waals surface area contributed by atoms with Crippen molar-refractivity contribution in [1.82, 2.24) is 4.90 Å². The second-order valence-electron chi connectivity index (χ2n) is 8.66. The maximum absolute atomic E-state index is 13.1. The van der Waals surface area contributed by atoms with Crippen molar-refractivity contribution in [3.05, 3.63) is 34.3 Å². The summed E-state index contributed by atoms with van der Waals surface area (Å²) in [6.07, 6.45) is 2.91. The Morgan fingerprint density at radius 3 is 2.14 bits per heavy atom. The number of ether oxygens (including phenoxy) is 1. The Kier molecular flexibility index (Phi) is 5.36. The highest BCUT2D eigenvalue weighted by molar-refractivity contribution is 9.10. The van der Waals surface area contributed by atoms with Gasteiger partial charge in [-0.15, -0.1) is 0 Å². The van der Waals surface area contributed by atoms with Crippen molar-refractivity contribution in [2.75, 3.05) is 6.61 Å². The molecule has 0 spiro atoms. The number of ketones is 1. The lowest BCUT2D eigenvalue weighted by atomic mass is 9.81. The number of esters is 1. The van der Waals surface area contributed by atoms with E-state index < -0.39 is 18.6 Å². The molecule has 2 saturated carbocycles. The van der Waals surface area contributed by atoms with Crippen LogP contribution < -0.4 is 0 Å². The molecule has 0 unspecified atom stereocenters. The van der Waals surface area contributed by atoms with E-state index in [0.717, 1.165) is 28.6 Å². The molecule has 1 aliphatic heterocycles. The van der Waals surface area contributed by atoms with Crippen molar-refractivity contribution in [3.63, 3.8) is 0 Å². The number of likely N-dealkylation sites (tertiary alicyclic amines) is 1. The molecule has 2 aliphatic carbocycles. The van der Waals surface area contributed by atoms with Gasteiger partial charge in [0.15, 0.2) is 12.4 Å². The predicted molar refractivity (Wildman–Crippen MR) is 108 cm³/mol. The van der Waals surface area contributed by atoms with Crippen LogP contribution in [-0.2, 0) is 19.1 Å². The number of nitrogens with zero attached hydrogens (tertiary/aromatic N) is 1. The minimum atomic E-state index is -0.988. The standard InChI is InChI=1S/C22H24BrNO5/c1-11(2)19(22(28)29-10-16(25)12-5-7-15(23)8-6-12)24-20(26)17-13-3-4-14(9-13)18(17)21(24)27/h5-8,11,13-14,17-19H,3-4,9-10H2,1-2H3/t13-,14+,17-,18+,19-/m1/s1. The Morgan fingerprint density at radius 1 is 1.07 bits per heavy atom. The number of carbonyl (C=O) groups is 4. The molecule has 4 rings (SSSR count). The van der Waals surface area contributed by atoms with Crippen molar-refractivity contribution >= 4 is 39.5 Å². The second-order valence-corrected chi connectivity index (χ2v) is 9.57. The zero-order valence-corrected chi connectivity index (χ0v) is 18.1. The maximum atomic E-state index is 13.1. The SMILES string of the molecule is CC(C)[C@H](C(=O)OCC(=O)c1ccc(Br)cc1)N1C(=O)[C@@H]2[C@@H]3CC[C@@H](C3)[C@@H]2C1=O. The number of Topliss-reactive ketones (excluding diaryl/α,β-unsaturated/α-hetero) is 1. The van der Waals surface area contributed by atoms with Gasteiger partial charge in [0, 0.05) is 10.0 Å². The molecule has 0 N–H and O–H groups in total. The number of amides is 2. The quantitative estimate of drug-likeness (QED) is 0.369.